The summed E-state index contributed by atoms with van der Waals surface area (Å²) >= 11 is 0. The lowest BCUT2D eigenvalue weighted by molar-refractivity contribution is -0.129. The monoisotopic (exact) mass is 339 g/mol. The summed E-state index contributed by atoms with van der Waals surface area (Å²) in [5, 5.41) is 3.16. The third-order valence-corrected chi connectivity index (χ3v) is 4.68. The van der Waals surface area contributed by atoms with Crippen LogP contribution in [0.2, 0.25) is 0 Å². The minimum absolute atomic E-state index is 0.00122. The van der Waals surface area contributed by atoms with Crippen LogP contribution in [0.1, 0.15) is 55.0 Å². The van der Waals surface area contributed by atoms with Crippen LogP contribution < -0.4 is 10.1 Å². The molecule has 2 atom stereocenters. The van der Waals surface area contributed by atoms with Crippen LogP contribution in [-0.2, 0) is 4.79 Å². The molecule has 0 saturated heterocycles. The first-order chi connectivity index (χ1) is 12.0. The number of carbonyl (C=O) groups excluding carboxylic acids is 1. The Kier molecular flexibility index (Phi) is 6.63. The van der Waals surface area contributed by atoms with Gasteiger partial charge in [-0.25, -0.2) is 0 Å². The zero-order valence-corrected chi connectivity index (χ0v) is 15.9. The van der Waals surface area contributed by atoms with Gasteiger partial charge >= 0.3 is 0 Å². The molecule has 2 rings (SSSR count). The van der Waals surface area contributed by atoms with Crippen LogP contribution in [0.3, 0.4) is 0 Å². The van der Waals surface area contributed by atoms with E-state index >= 15 is 0 Å². The molecule has 0 aliphatic rings. The molecule has 3 nitrogen and oxygen atoms in total. The Morgan fingerprint density at radius 2 is 1.68 bits per heavy atom. The van der Waals surface area contributed by atoms with Crippen LogP contribution in [0, 0.1) is 20.8 Å². The van der Waals surface area contributed by atoms with Crippen LogP contribution in [-0.4, -0.2) is 12.0 Å². The average molecular weight is 339 g/mol. The first kappa shape index (κ1) is 19.0. The maximum Gasteiger partial charge on any atom is 0.261 e. The van der Waals surface area contributed by atoms with Gasteiger partial charge in [0.25, 0.3) is 5.91 Å². The predicted octanol–water partition coefficient (Wildman–Crippen LogP) is 5.04. The SMILES string of the molecule is CC[C@H](NC(=O)[C@@H](CC)Oc1ccccc1C)c1ccc(C)c(C)c1. The maximum atomic E-state index is 12.7. The van der Waals surface area contributed by atoms with E-state index in [1.165, 1.54) is 11.1 Å². The van der Waals surface area contributed by atoms with Gasteiger partial charge in [0.05, 0.1) is 6.04 Å². The third kappa shape index (κ3) is 4.85. The molecule has 0 bridgehead atoms. The van der Waals surface area contributed by atoms with Gasteiger partial charge in [-0.15, -0.1) is 0 Å². The number of hydrogen-bond donors (Lipinski definition) is 1. The maximum absolute atomic E-state index is 12.7. The summed E-state index contributed by atoms with van der Waals surface area (Å²) in [7, 11) is 0. The van der Waals surface area contributed by atoms with E-state index in [2.05, 4.69) is 44.3 Å². The van der Waals surface area contributed by atoms with Crippen LogP contribution in [0.4, 0.5) is 0 Å². The molecule has 0 aliphatic heterocycles. The Labute approximate surface area is 151 Å². The fourth-order valence-corrected chi connectivity index (χ4v) is 2.83. The van der Waals surface area contributed by atoms with Gasteiger partial charge in [-0.1, -0.05) is 50.2 Å². The zero-order valence-electron chi connectivity index (χ0n) is 15.9. The molecule has 3 heteroatoms. The first-order valence-electron chi connectivity index (χ1n) is 9.06. The molecule has 134 valence electrons. The van der Waals surface area contributed by atoms with E-state index in [9.17, 15) is 4.79 Å². The highest BCUT2D eigenvalue weighted by molar-refractivity contribution is 5.81. The summed E-state index contributed by atoms with van der Waals surface area (Å²) in [6.45, 7) is 10.2. The smallest absolute Gasteiger partial charge is 0.261 e. The number of rotatable bonds is 7. The summed E-state index contributed by atoms with van der Waals surface area (Å²) in [6, 6.07) is 14.2. The van der Waals surface area contributed by atoms with Gasteiger partial charge in [-0.2, -0.15) is 0 Å². The van der Waals surface area contributed by atoms with E-state index in [-0.39, 0.29) is 11.9 Å². The van der Waals surface area contributed by atoms with E-state index in [4.69, 9.17) is 4.74 Å². The van der Waals surface area contributed by atoms with Crippen molar-refractivity contribution in [3.63, 3.8) is 0 Å². The summed E-state index contributed by atoms with van der Waals surface area (Å²) < 4.78 is 5.97. The lowest BCUT2D eigenvalue weighted by atomic mass is 9.99. The predicted molar refractivity (Wildman–Crippen MR) is 103 cm³/mol. The van der Waals surface area contributed by atoms with Gasteiger partial charge in [-0.05, 0) is 61.9 Å². The van der Waals surface area contributed by atoms with E-state index in [0.29, 0.717) is 6.42 Å². The van der Waals surface area contributed by atoms with E-state index < -0.39 is 6.10 Å². The van der Waals surface area contributed by atoms with Crippen molar-refractivity contribution in [1.29, 1.82) is 0 Å². The number of hydrogen-bond acceptors (Lipinski definition) is 2. The Hall–Kier alpha value is -2.29. The Morgan fingerprint density at radius 3 is 2.28 bits per heavy atom. The van der Waals surface area contributed by atoms with Crippen molar-refractivity contribution < 1.29 is 9.53 Å². The van der Waals surface area contributed by atoms with Gasteiger partial charge < -0.3 is 10.1 Å². The van der Waals surface area contributed by atoms with Crippen molar-refractivity contribution in [2.75, 3.05) is 0 Å². The Bertz CT molecular complexity index is 724. The fourth-order valence-electron chi connectivity index (χ4n) is 2.83. The topological polar surface area (TPSA) is 38.3 Å². The average Bonchev–Trinajstić information content (AvgIpc) is 2.61. The van der Waals surface area contributed by atoms with Crippen molar-refractivity contribution in [2.24, 2.45) is 0 Å². The normalized spacial score (nSPS) is 13.2. The first-order valence-corrected chi connectivity index (χ1v) is 9.06. The Balaban J connectivity index is 2.11. The van der Waals surface area contributed by atoms with Crippen molar-refractivity contribution in [3.05, 3.63) is 64.7 Å². The number of aryl methyl sites for hydroxylation is 3. The van der Waals surface area contributed by atoms with Crippen molar-refractivity contribution >= 4 is 5.91 Å². The minimum Gasteiger partial charge on any atom is -0.480 e. The summed E-state index contributed by atoms with van der Waals surface area (Å²) in [4.78, 5) is 12.7. The standard InChI is InChI=1S/C22H29NO2/c1-6-19(18-13-12-15(3)17(5)14-18)23-22(24)20(7-2)25-21-11-9-8-10-16(21)4/h8-14,19-20H,6-7H2,1-5H3,(H,23,24)/t19-,20+/m0/s1. The highest BCUT2D eigenvalue weighted by Crippen LogP contribution is 2.22. The molecule has 1 N–H and O–H groups in total. The second kappa shape index (κ2) is 8.70. The second-order valence-electron chi connectivity index (χ2n) is 6.59. The Morgan fingerprint density at radius 1 is 0.960 bits per heavy atom. The highest BCUT2D eigenvalue weighted by Gasteiger charge is 2.22. The van der Waals surface area contributed by atoms with Gasteiger partial charge in [0, 0.05) is 0 Å². The largest absolute Gasteiger partial charge is 0.480 e. The van der Waals surface area contributed by atoms with Crippen molar-refractivity contribution in [1.82, 2.24) is 5.32 Å². The molecule has 2 aromatic carbocycles. The molecule has 0 heterocycles. The van der Waals surface area contributed by atoms with Gasteiger partial charge in [0.15, 0.2) is 6.10 Å². The van der Waals surface area contributed by atoms with E-state index in [1.807, 2.05) is 38.1 Å². The third-order valence-electron chi connectivity index (χ3n) is 4.68. The summed E-state index contributed by atoms with van der Waals surface area (Å²) in [5.74, 6) is 0.708. The van der Waals surface area contributed by atoms with Crippen LogP contribution in [0.5, 0.6) is 5.75 Å². The summed E-state index contributed by atoms with van der Waals surface area (Å²) in [6.07, 6.45) is 0.986. The number of benzene rings is 2. The van der Waals surface area contributed by atoms with Gasteiger partial charge in [-0.3, -0.25) is 4.79 Å². The van der Waals surface area contributed by atoms with Crippen LogP contribution >= 0.6 is 0 Å². The molecule has 0 unspecified atom stereocenters. The molecular weight excluding hydrogens is 310 g/mol. The number of nitrogens with one attached hydrogen (secondary N) is 1. The number of amides is 1. The van der Waals surface area contributed by atoms with E-state index in [1.54, 1.807) is 0 Å². The molecule has 2 aromatic rings. The van der Waals surface area contributed by atoms with Gasteiger partial charge in [0.2, 0.25) is 0 Å². The molecule has 0 saturated carbocycles. The lowest BCUT2D eigenvalue weighted by Crippen LogP contribution is -2.40. The lowest BCUT2D eigenvalue weighted by Gasteiger charge is -2.23. The van der Waals surface area contributed by atoms with Crippen LogP contribution in [0.25, 0.3) is 0 Å². The van der Waals surface area contributed by atoms with Crippen molar-refractivity contribution in [2.45, 2.75) is 59.6 Å². The molecule has 25 heavy (non-hydrogen) atoms. The highest BCUT2D eigenvalue weighted by atomic mass is 16.5. The quantitative estimate of drug-likeness (QED) is 0.768. The summed E-state index contributed by atoms with van der Waals surface area (Å²) in [5.41, 5.74) is 4.69. The molecule has 0 spiro atoms. The number of carbonyl (C=O) groups is 1. The zero-order chi connectivity index (χ0) is 18.4. The van der Waals surface area contributed by atoms with Crippen molar-refractivity contribution in [3.8, 4) is 5.75 Å². The minimum atomic E-state index is -0.485. The fraction of sp³-hybridized carbons (Fsp3) is 0.409. The van der Waals surface area contributed by atoms with E-state index in [0.717, 1.165) is 23.3 Å². The second-order valence-corrected chi connectivity index (χ2v) is 6.59. The number of para-hydroxylation sites is 1. The number of ether oxygens (including phenoxy) is 1. The van der Waals surface area contributed by atoms with Gasteiger partial charge in [0.1, 0.15) is 5.75 Å². The molecule has 1 amide bonds. The molecular formula is C22H29NO2. The molecule has 0 aliphatic carbocycles. The molecule has 0 fully saturated rings. The molecule has 0 aromatic heterocycles. The van der Waals surface area contributed by atoms with Crippen LogP contribution in [0.15, 0.2) is 42.5 Å². The molecule has 0 radical (unpaired) electrons.